The Morgan fingerprint density at radius 3 is 2.53 bits per heavy atom. The number of benzene rings is 1. The lowest BCUT2D eigenvalue weighted by molar-refractivity contribution is -0.113. The van der Waals surface area contributed by atoms with E-state index in [4.69, 9.17) is 13.9 Å². The molecule has 36 heavy (non-hydrogen) atoms. The first-order valence-electron chi connectivity index (χ1n) is 10.8. The zero-order valence-corrected chi connectivity index (χ0v) is 23.1. The molecule has 0 aliphatic rings. The van der Waals surface area contributed by atoms with Crippen LogP contribution in [0.4, 0.5) is 5.00 Å². The van der Waals surface area contributed by atoms with E-state index in [0.29, 0.717) is 43.3 Å². The van der Waals surface area contributed by atoms with Gasteiger partial charge in [0.2, 0.25) is 11.7 Å². The minimum Gasteiger partial charge on any atom is -0.497 e. The molecule has 12 heteroatoms. The second kappa shape index (κ2) is 11.3. The molecule has 1 N–H and O–H groups in total. The highest BCUT2D eigenvalue weighted by atomic mass is 79.9. The Kier molecular flexibility index (Phi) is 8.17. The van der Waals surface area contributed by atoms with Gasteiger partial charge in [0.05, 0.1) is 20.0 Å². The lowest BCUT2D eigenvalue weighted by atomic mass is 10.0. The number of carbonyl (C=O) groups excluding carboxylic acids is 2. The van der Waals surface area contributed by atoms with Crippen LogP contribution in [0.3, 0.4) is 0 Å². The smallest absolute Gasteiger partial charge is 0.341 e. The van der Waals surface area contributed by atoms with Crippen LogP contribution < -0.4 is 10.1 Å². The number of hydrogen-bond donors (Lipinski definition) is 1. The fourth-order valence-corrected chi connectivity index (χ4v) is 5.62. The van der Waals surface area contributed by atoms with Crippen molar-refractivity contribution in [2.45, 2.75) is 25.0 Å². The fourth-order valence-electron chi connectivity index (χ4n) is 3.47. The molecule has 3 heterocycles. The molecule has 1 aromatic carbocycles. The highest BCUT2D eigenvalue weighted by Crippen LogP contribution is 2.37. The van der Waals surface area contributed by atoms with E-state index in [1.54, 1.807) is 19.2 Å². The maximum atomic E-state index is 12.9. The van der Waals surface area contributed by atoms with Crippen LogP contribution in [0, 0.1) is 0 Å². The SMILES string of the molecule is COC(=O)c1c(-c2ccc(OC)cc2)csc1NC(=O)CSc1nnc(-c2ccc(Br)o2)n1C(C)C. The van der Waals surface area contributed by atoms with E-state index >= 15 is 0 Å². The third-order valence-electron chi connectivity index (χ3n) is 5.14. The van der Waals surface area contributed by atoms with Crippen molar-refractivity contribution >= 4 is 55.9 Å². The number of carbonyl (C=O) groups is 2. The molecule has 4 rings (SSSR count). The van der Waals surface area contributed by atoms with Crippen LogP contribution in [-0.4, -0.2) is 46.6 Å². The third kappa shape index (κ3) is 5.50. The van der Waals surface area contributed by atoms with Crippen LogP contribution in [0.2, 0.25) is 0 Å². The van der Waals surface area contributed by atoms with Crippen LogP contribution >= 0.6 is 39.0 Å². The molecule has 0 unspecified atom stereocenters. The minimum absolute atomic E-state index is 0.0414. The molecule has 0 fully saturated rings. The van der Waals surface area contributed by atoms with Gasteiger partial charge < -0.3 is 19.2 Å². The van der Waals surface area contributed by atoms with Crippen molar-refractivity contribution in [2.24, 2.45) is 0 Å². The Morgan fingerprint density at radius 1 is 1.17 bits per heavy atom. The first-order chi connectivity index (χ1) is 17.3. The maximum Gasteiger partial charge on any atom is 0.341 e. The number of anilines is 1. The van der Waals surface area contributed by atoms with Crippen molar-refractivity contribution in [3.05, 3.63) is 52.0 Å². The number of thioether (sulfide) groups is 1. The van der Waals surface area contributed by atoms with E-state index in [0.717, 1.165) is 5.56 Å². The van der Waals surface area contributed by atoms with E-state index in [9.17, 15) is 9.59 Å². The standard InChI is InChI=1S/C24H23BrN4O5S2/c1-13(2)29-21(17-9-10-18(25)34-17)27-28-24(29)36-12-19(30)26-22-20(23(31)33-4)16(11-35-22)14-5-7-15(32-3)8-6-14/h5-11,13H,12H2,1-4H3,(H,26,30). The van der Waals surface area contributed by atoms with Crippen LogP contribution in [0.5, 0.6) is 5.75 Å². The molecule has 0 saturated carbocycles. The van der Waals surface area contributed by atoms with Crippen LogP contribution in [-0.2, 0) is 9.53 Å². The number of ether oxygens (including phenoxy) is 2. The molecule has 188 valence electrons. The largest absolute Gasteiger partial charge is 0.497 e. The first kappa shape index (κ1) is 26.0. The third-order valence-corrected chi connectivity index (χ3v) is 7.41. The first-order valence-corrected chi connectivity index (χ1v) is 13.5. The molecule has 1 amide bonds. The summed E-state index contributed by atoms with van der Waals surface area (Å²) in [5, 5.41) is 14.2. The molecule has 0 spiro atoms. The molecule has 0 radical (unpaired) electrons. The van der Waals surface area contributed by atoms with Gasteiger partial charge in [-0.2, -0.15) is 0 Å². The van der Waals surface area contributed by atoms with Crippen molar-refractivity contribution in [1.82, 2.24) is 14.8 Å². The summed E-state index contributed by atoms with van der Waals surface area (Å²) in [4.78, 5) is 25.5. The van der Waals surface area contributed by atoms with Crippen molar-refractivity contribution in [2.75, 3.05) is 25.3 Å². The van der Waals surface area contributed by atoms with E-state index < -0.39 is 5.97 Å². The van der Waals surface area contributed by atoms with E-state index in [1.165, 1.54) is 30.2 Å². The zero-order valence-electron chi connectivity index (χ0n) is 19.9. The average Bonchev–Trinajstić information content (AvgIpc) is 3.60. The Balaban J connectivity index is 1.52. The van der Waals surface area contributed by atoms with Gasteiger partial charge in [-0.1, -0.05) is 23.9 Å². The second-order valence-corrected chi connectivity index (χ2v) is 10.4. The molecule has 9 nitrogen and oxygen atoms in total. The molecule has 4 aromatic rings. The van der Waals surface area contributed by atoms with Gasteiger partial charge in [-0.25, -0.2) is 4.79 Å². The number of hydrogen-bond acceptors (Lipinski definition) is 9. The molecule has 0 aliphatic heterocycles. The molecule has 0 saturated heterocycles. The quantitative estimate of drug-likeness (QED) is 0.183. The predicted octanol–water partition coefficient (Wildman–Crippen LogP) is 6.14. The lowest BCUT2D eigenvalue weighted by Gasteiger charge is -2.12. The maximum absolute atomic E-state index is 12.9. The molecule has 0 aliphatic carbocycles. The van der Waals surface area contributed by atoms with Gasteiger partial charge in [0.15, 0.2) is 15.6 Å². The van der Waals surface area contributed by atoms with Gasteiger partial charge in [0.25, 0.3) is 0 Å². The Hall–Kier alpha value is -3.09. The summed E-state index contributed by atoms with van der Waals surface area (Å²) in [6.45, 7) is 4.01. The zero-order chi connectivity index (χ0) is 25.8. The number of rotatable bonds is 9. The highest BCUT2D eigenvalue weighted by Gasteiger charge is 2.24. The number of nitrogens with zero attached hydrogens (tertiary/aromatic N) is 3. The van der Waals surface area contributed by atoms with Crippen molar-refractivity contribution in [3.63, 3.8) is 0 Å². The summed E-state index contributed by atoms with van der Waals surface area (Å²) in [6, 6.07) is 11.0. The van der Waals surface area contributed by atoms with Crippen molar-refractivity contribution in [3.8, 4) is 28.5 Å². The predicted molar refractivity (Wildman–Crippen MR) is 143 cm³/mol. The molecule has 0 atom stereocenters. The second-order valence-electron chi connectivity index (χ2n) is 7.78. The monoisotopic (exact) mass is 590 g/mol. The highest BCUT2D eigenvalue weighted by molar-refractivity contribution is 9.10. The fraction of sp³-hybridized carbons (Fsp3) is 0.250. The van der Waals surface area contributed by atoms with Crippen LogP contribution in [0.1, 0.15) is 30.2 Å². The van der Waals surface area contributed by atoms with Gasteiger partial charge in [0, 0.05) is 17.0 Å². The number of esters is 1. The molecular weight excluding hydrogens is 568 g/mol. The number of nitrogens with one attached hydrogen (secondary N) is 1. The summed E-state index contributed by atoms with van der Waals surface area (Å²) >= 11 is 5.82. The average molecular weight is 592 g/mol. The number of furan rings is 1. The van der Waals surface area contributed by atoms with Crippen molar-refractivity contribution < 1.29 is 23.5 Å². The number of aromatic nitrogens is 3. The summed E-state index contributed by atoms with van der Waals surface area (Å²) in [6.07, 6.45) is 0. The number of amides is 1. The number of methoxy groups -OCH3 is 2. The van der Waals surface area contributed by atoms with Gasteiger partial charge in [-0.05, 0) is 59.6 Å². The Bertz CT molecular complexity index is 1380. The summed E-state index contributed by atoms with van der Waals surface area (Å²) in [7, 11) is 2.90. The lowest BCUT2D eigenvalue weighted by Crippen LogP contribution is -2.16. The molecule has 3 aromatic heterocycles. The van der Waals surface area contributed by atoms with Gasteiger partial charge in [-0.3, -0.25) is 9.36 Å². The number of thiophene rings is 1. The van der Waals surface area contributed by atoms with E-state index in [-0.39, 0.29) is 17.7 Å². The molecule has 0 bridgehead atoms. The van der Waals surface area contributed by atoms with Gasteiger partial charge in [-0.15, -0.1) is 21.5 Å². The van der Waals surface area contributed by atoms with Crippen LogP contribution in [0.15, 0.2) is 56.0 Å². The van der Waals surface area contributed by atoms with Gasteiger partial charge in [0.1, 0.15) is 16.3 Å². The number of halogens is 1. The van der Waals surface area contributed by atoms with Crippen LogP contribution in [0.25, 0.3) is 22.7 Å². The molecular formula is C24H23BrN4O5S2. The van der Waals surface area contributed by atoms with E-state index in [1.807, 2.05) is 48.1 Å². The Morgan fingerprint density at radius 2 is 1.92 bits per heavy atom. The van der Waals surface area contributed by atoms with Crippen molar-refractivity contribution in [1.29, 1.82) is 0 Å². The summed E-state index contributed by atoms with van der Waals surface area (Å²) in [5.41, 5.74) is 1.79. The Labute approximate surface area is 224 Å². The normalized spacial score (nSPS) is 11.1. The summed E-state index contributed by atoms with van der Waals surface area (Å²) < 4.78 is 18.3. The topological polar surface area (TPSA) is 108 Å². The van der Waals surface area contributed by atoms with Gasteiger partial charge >= 0.3 is 5.97 Å². The minimum atomic E-state index is -0.529. The van der Waals surface area contributed by atoms with E-state index in [2.05, 4.69) is 31.4 Å². The summed E-state index contributed by atoms with van der Waals surface area (Å²) in [5.74, 6) is 1.12.